The summed E-state index contributed by atoms with van der Waals surface area (Å²) in [5.41, 5.74) is 4.03. The van der Waals surface area contributed by atoms with Crippen molar-refractivity contribution in [3.63, 3.8) is 0 Å². The highest BCUT2D eigenvalue weighted by atomic mass is 35.5. The van der Waals surface area contributed by atoms with E-state index >= 15 is 0 Å². The number of nitrogens with zero attached hydrogens (tertiary/aromatic N) is 2. The van der Waals surface area contributed by atoms with Crippen LogP contribution in [0.4, 0.5) is 0 Å². The number of ether oxygens (including phenoxy) is 1. The van der Waals surface area contributed by atoms with Crippen LogP contribution < -0.4 is 4.74 Å². The molecule has 1 aliphatic rings. The predicted octanol–water partition coefficient (Wildman–Crippen LogP) is 3.74. The lowest BCUT2D eigenvalue weighted by atomic mass is 9.99. The van der Waals surface area contributed by atoms with Crippen LogP contribution in [0.5, 0.6) is 5.75 Å². The Kier molecular flexibility index (Phi) is 3.15. The zero-order valence-electron chi connectivity index (χ0n) is 11.0. The van der Waals surface area contributed by atoms with Gasteiger partial charge in [0.15, 0.2) is 0 Å². The van der Waals surface area contributed by atoms with Gasteiger partial charge in [0.25, 0.3) is 0 Å². The maximum Gasteiger partial charge on any atom is 0.136 e. The summed E-state index contributed by atoms with van der Waals surface area (Å²) in [6, 6.07) is 6.20. The van der Waals surface area contributed by atoms with Gasteiger partial charge in [0.05, 0.1) is 12.3 Å². The first-order valence-corrected chi connectivity index (χ1v) is 6.80. The topological polar surface area (TPSA) is 35.0 Å². The van der Waals surface area contributed by atoms with Crippen LogP contribution in [0, 0.1) is 13.8 Å². The zero-order chi connectivity index (χ0) is 13.4. The van der Waals surface area contributed by atoms with Crippen molar-refractivity contribution in [2.24, 2.45) is 0 Å². The van der Waals surface area contributed by atoms with Crippen molar-refractivity contribution in [1.29, 1.82) is 0 Å². The van der Waals surface area contributed by atoms with Crippen LogP contribution in [0.25, 0.3) is 11.3 Å². The van der Waals surface area contributed by atoms with E-state index in [0.717, 1.165) is 42.0 Å². The van der Waals surface area contributed by atoms with E-state index in [2.05, 4.69) is 16.0 Å². The smallest absolute Gasteiger partial charge is 0.136 e. The number of aryl methyl sites for hydroxylation is 2. The molecule has 0 radical (unpaired) electrons. The van der Waals surface area contributed by atoms with Crippen LogP contribution in [0.1, 0.15) is 23.4 Å². The van der Waals surface area contributed by atoms with Crippen molar-refractivity contribution in [1.82, 2.24) is 9.97 Å². The molecule has 3 rings (SSSR count). The molecule has 0 saturated carbocycles. The lowest BCUT2D eigenvalue weighted by Gasteiger charge is -2.21. The lowest BCUT2D eigenvalue weighted by molar-refractivity contribution is 0.289. The maximum absolute atomic E-state index is 6.16. The molecule has 2 aromatic rings. The van der Waals surface area contributed by atoms with Crippen molar-refractivity contribution in [3.05, 3.63) is 40.3 Å². The highest BCUT2D eigenvalue weighted by molar-refractivity contribution is 6.30. The monoisotopic (exact) mass is 274 g/mol. The lowest BCUT2D eigenvalue weighted by Crippen LogP contribution is -2.10. The molecule has 98 valence electrons. The molecule has 0 saturated heterocycles. The summed E-state index contributed by atoms with van der Waals surface area (Å²) in [5, 5.41) is 0.510. The average molecular weight is 275 g/mol. The first-order valence-electron chi connectivity index (χ1n) is 6.42. The van der Waals surface area contributed by atoms with E-state index in [-0.39, 0.29) is 0 Å². The number of hydrogen-bond donors (Lipinski definition) is 0. The fourth-order valence-corrected chi connectivity index (χ4v) is 2.64. The molecule has 0 bridgehead atoms. The predicted molar refractivity (Wildman–Crippen MR) is 75.8 cm³/mol. The van der Waals surface area contributed by atoms with Gasteiger partial charge in [-0.1, -0.05) is 23.7 Å². The molecular formula is C15H15ClN2O. The number of benzene rings is 1. The van der Waals surface area contributed by atoms with Crippen LogP contribution in [0.3, 0.4) is 0 Å². The minimum atomic E-state index is 0.510. The van der Waals surface area contributed by atoms with Gasteiger partial charge in [-0.3, -0.25) is 0 Å². The largest absolute Gasteiger partial charge is 0.493 e. The molecule has 1 aromatic carbocycles. The van der Waals surface area contributed by atoms with Crippen LogP contribution in [-0.2, 0) is 6.42 Å². The van der Waals surface area contributed by atoms with Gasteiger partial charge >= 0.3 is 0 Å². The Balaban J connectivity index is 2.23. The molecule has 1 aliphatic heterocycles. The molecule has 0 fully saturated rings. The van der Waals surface area contributed by atoms with Crippen LogP contribution >= 0.6 is 11.6 Å². The summed E-state index contributed by atoms with van der Waals surface area (Å²) >= 11 is 6.16. The fraction of sp³-hybridized carbons (Fsp3) is 0.333. The standard InChI is InChI=1S/C15H15ClN2O/c1-9-13(17-10(2)18-15(9)16)12-7-3-5-11-6-4-8-19-14(11)12/h3,5,7H,4,6,8H2,1-2H3. The third kappa shape index (κ3) is 2.19. The first-order chi connectivity index (χ1) is 9.16. The Hall–Kier alpha value is -1.61. The molecule has 0 spiro atoms. The van der Waals surface area contributed by atoms with E-state index in [0.29, 0.717) is 11.0 Å². The molecule has 4 heteroatoms. The van der Waals surface area contributed by atoms with Crippen LogP contribution in [0.2, 0.25) is 5.15 Å². The second kappa shape index (κ2) is 4.82. The Morgan fingerprint density at radius 2 is 2.05 bits per heavy atom. The zero-order valence-corrected chi connectivity index (χ0v) is 11.8. The first kappa shape index (κ1) is 12.4. The number of hydrogen-bond acceptors (Lipinski definition) is 3. The van der Waals surface area contributed by atoms with Crippen molar-refractivity contribution in [2.75, 3.05) is 6.61 Å². The molecule has 3 nitrogen and oxygen atoms in total. The summed E-state index contributed by atoms with van der Waals surface area (Å²) < 4.78 is 5.84. The van der Waals surface area contributed by atoms with E-state index in [4.69, 9.17) is 16.3 Å². The Morgan fingerprint density at radius 3 is 2.89 bits per heavy atom. The number of rotatable bonds is 1. The Labute approximate surface area is 117 Å². The molecule has 0 unspecified atom stereocenters. The van der Waals surface area contributed by atoms with Crippen molar-refractivity contribution < 1.29 is 4.74 Å². The van der Waals surface area contributed by atoms with E-state index in [9.17, 15) is 0 Å². The van der Waals surface area contributed by atoms with Gasteiger partial charge in [0.2, 0.25) is 0 Å². The van der Waals surface area contributed by atoms with Gasteiger partial charge in [-0.05, 0) is 38.3 Å². The van der Waals surface area contributed by atoms with Gasteiger partial charge in [-0.15, -0.1) is 0 Å². The SMILES string of the molecule is Cc1nc(Cl)c(C)c(-c2cccc3c2OCCC3)n1. The maximum atomic E-state index is 6.16. The van der Waals surface area contributed by atoms with Crippen molar-refractivity contribution >= 4 is 11.6 Å². The summed E-state index contributed by atoms with van der Waals surface area (Å²) in [6.07, 6.45) is 2.12. The third-order valence-corrected chi connectivity index (χ3v) is 3.75. The van der Waals surface area contributed by atoms with E-state index in [1.54, 1.807) is 0 Å². The Bertz CT molecular complexity index is 640. The van der Waals surface area contributed by atoms with E-state index in [1.165, 1.54) is 5.56 Å². The van der Waals surface area contributed by atoms with Gasteiger partial charge in [0, 0.05) is 11.1 Å². The summed E-state index contributed by atoms with van der Waals surface area (Å²) in [5.74, 6) is 1.63. The summed E-state index contributed by atoms with van der Waals surface area (Å²) in [6.45, 7) is 4.56. The fourth-order valence-electron chi connectivity index (χ4n) is 2.43. The van der Waals surface area contributed by atoms with Crippen molar-refractivity contribution in [3.8, 4) is 17.0 Å². The number of aromatic nitrogens is 2. The molecule has 19 heavy (non-hydrogen) atoms. The molecule has 0 atom stereocenters. The summed E-state index contributed by atoms with van der Waals surface area (Å²) in [7, 11) is 0. The molecule has 0 aliphatic carbocycles. The number of halogens is 1. The van der Waals surface area contributed by atoms with Crippen LogP contribution in [0.15, 0.2) is 18.2 Å². The van der Waals surface area contributed by atoms with Gasteiger partial charge < -0.3 is 4.74 Å². The third-order valence-electron chi connectivity index (χ3n) is 3.39. The number of fused-ring (bicyclic) bond motifs is 1. The van der Waals surface area contributed by atoms with Crippen molar-refractivity contribution in [2.45, 2.75) is 26.7 Å². The average Bonchev–Trinajstić information content (AvgIpc) is 2.42. The number of para-hydroxylation sites is 1. The molecule has 1 aromatic heterocycles. The Morgan fingerprint density at radius 1 is 1.21 bits per heavy atom. The molecular weight excluding hydrogens is 260 g/mol. The van der Waals surface area contributed by atoms with Gasteiger partial charge in [-0.2, -0.15) is 0 Å². The molecule has 2 heterocycles. The van der Waals surface area contributed by atoms with E-state index in [1.807, 2.05) is 26.0 Å². The van der Waals surface area contributed by atoms with E-state index < -0.39 is 0 Å². The normalized spacial score (nSPS) is 13.8. The second-order valence-corrected chi connectivity index (χ2v) is 5.14. The van der Waals surface area contributed by atoms with Gasteiger partial charge in [-0.25, -0.2) is 9.97 Å². The van der Waals surface area contributed by atoms with Gasteiger partial charge in [0.1, 0.15) is 16.7 Å². The minimum absolute atomic E-state index is 0.510. The summed E-state index contributed by atoms with van der Waals surface area (Å²) in [4.78, 5) is 8.72. The van der Waals surface area contributed by atoms with Crippen LogP contribution in [-0.4, -0.2) is 16.6 Å². The quantitative estimate of drug-likeness (QED) is 0.743. The minimum Gasteiger partial charge on any atom is -0.493 e. The molecule has 0 N–H and O–H groups in total. The molecule has 0 amide bonds. The highest BCUT2D eigenvalue weighted by Crippen LogP contribution is 2.37. The highest BCUT2D eigenvalue weighted by Gasteiger charge is 2.19. The second-order valence-electron chi connectivity index (χ2n) is 4.78.